The van der Waals surface area contributed by atoms with E-state index < -0.39 is 0 Å². The van der Waals surface area contributed by atoms with Crippen molar-refractivity contribution in [3.8, 4) is 0 Å². The standard InChI is InChI=1S/C12H14O2/c1-9-4-3-5-11(13)6-7-12(14)10(2)8-9/h3-5,8H,6-7H2,1-2H3/b5-3+,9-4-,10-8+. The van der Waals surface area contributed by atoms with E-state index in [2.05, 4.69) is 0 Å². The van der Waals surface area contributed by atoms with Gasteiger partial charge in [-0.1, -0.05) is 23.8 Å². The lowest BCUT2D eigenvalue weighted by atomic mass is 10.0. The Balaban J connectivity index is 2.96. The first-order chi connectivity index (χ1) is 6.59. The Morgan fingerprint density at radius 1 is 1.14 bits per heavy atom. The molecule has 2 heteroatoms. The predicted molar refractivity (Wildman–Crippen MR) is 55.9 cm³/mol. The molecule has 0 atom stereocenters. The molecule has 0 aliphatic heterocycles. The molecule has 0 spiro atoms. The van der Waals surface area contributed by atoms with Crippen LogP contribution in [0.2, 0.25) is 0 Å². The van der Waals surface area contributed by atoms with Gasteiger partial charge < -0.3 is 0 Å². The van der Waals surface area contributed by atoms with Crippen LogP contribution < -0.4 is 0 Å². The van der Waals surface area contributed by atoms with Gasteiger partial charge in [0.1, 0.15) is 0 Å². The third-order valence-corrected chi connectivity index (χ3v) is 2.12. The van der Waals surface area contributed by atoms with Crippen molar-refractivity contribution >= 4 is 11.6 Å². The summed E-state index contributed by atoms with van der Waals surface area (Å²) in [6.07, 6.45) is 7.57. The average molecular weight is 190 g/mol. The van der Waals surface area contributed by atoms with Crippen LogP contribution in [0.5, 0.6) is 0 Å². The van der Waals surface area contributed by atoms with Gasteiger partial charge in [0, 0.05) is 12.8 Å². The highest BCUT2D eigenvalue weighted by Gasteiger charge is 2.07. The maximum absolute atomic E-state index is 11.5. The van der Waals surface area contributed by atoms with Gasteiger partial charge in [0.15, 0.2) is 11.6 Å². The number of hydrogen-bond donors (Lipinski definition) is 0. The highest BCUT2D eigenvalue weighted by atomic mass is 16.1. The Morgan fingerprint density at radius 2 is 1.86 bits per heavy atom. The molecule has 1 aliphatic rings. The smallest absolute Gasteiger partial charge is 0.159 e. The fourth-order valence-electron chi connectivity index (χ4n) is 1.29. The van der Waals surface area contributed by atoms with Crippen LogP contribution in [0, 0.1) is 0 Å². The monoisotopic (exact) mass is 190 g/mol. The van der Waals surface area contributed by atoms with Crippen molar-refractivity contribution in [2.75, 3.05) is 0 Å². The molecule has 0 saturated carbocycles. The molecule has 0 aromatic carbocycles. The van der Waals surface area contributed by atoms with Crippen LogP contribution in [-0.2, 0) is 9.59 Å². The Morgan fingerprint density at radius 3 is 2.57 bits per heavy atom. The summed E-state index contributed by atoms with van der Waals surface area (Å²) in [6.45, 7) is 3.70. The third-order valence-electron chi connectivity index (χ3n) is 2.12. The Kier molecular flexibility index (Phi) is 3.57. The van der Waals surface area contributed by atoms with Gasteiger partial charge in [-0.15, -0.1) is 0 Å². The van der Waals surface area contributed by atoms with E-state index in [1.165, 1.54) is 6.08 Å². The minimum absolute atomic E-state index is 0.0112. The molecular formula is C12H14O2. The second-order valence-electron chi connectivity index (χ2n) is 3.49. The maximum Gasteiger partial charge on any atom is 0.159 e. The van der Waals surface area contributed by atoms with Crippen LogP contribution in [0.25, 0.3) is 0 Å². The molecule has 0 aromatic rings. The SMILES string of the molecule is CC1=C/C=C/C(=O)CCC(=O)\C(C)=C\1. The number of Topliss-reactive ketones (excluding diaryl/α,β-unsaturated/α-hetero) is 1. The number of ketones is 2. The van der Waals surface area contributed by atoms with E-state index in [4.69, 9.17) is 0 Å². The maximum atomic E-state index is 11.5. The van der Waals surface area contributed by atoms with Crippen molar-refractivity contribution in [3.05, 3.63) is 35.5 Å². The van der Waals surface area contributed by atoms with E-state index in [1.54, 1.807) is 13.0 Å². The van der Waals surface area contributed by atoms with Crippen molar-refractivity contribution in [2.45, 2.75) is 26.7 Å². The van der Waals surface area contributed by atoms with Gasteiger partial charge in [-0.2, -0.15) is 0 Å². The van der Waals surface area contributed by atoms with Crippen molar-refractivity contribution in [1.29, 1.82) is 0 Å². The van der Waals surface area contributed by atoms with Crippen molar-refractivity contribution in [2.24, 2.45) is 0 Å². The van der Waals surface area contributed by atoms with Crippen molar-refractivity contribution in [3.63, 3.8) is 0 Å². The summed E-state index contributed by atoms with van der Waals surface area (Å²) >= 11 is 0. The number of carbonyl (C=O) groups excluding carboxylic acids is 2. The van der Waals surface area contributed by atoms with E-state index >= 15 is 0 Å². The molecule has 74 valence electrons. The molecule has 0 aromatic heterocycles. The molecule has 2 nitrogen and oxygen atoms in total. The molecule has 0 heterocycles. The van der Waals surface area contributed by atoms with Gasteiger partial charge in [-0.25, -0.2) is 0 Å². The Bertz CT molecular complexity index is 343. The average Bonchev–Trinajstić information content (AvgIpc) is 2.12. The third kappa shape index (κ3) is 3.13. The highest BCUT2D eigenvalue weighted by Crippen LogP contribution is 2.09. The summed E-state index contributed by atoms with van der Waals surface area (Å²) in [7, 11) is 0. The van der Waals surface area contributed by atoms with E-state index in [1.807, 2.05) is 19.1 Å². The lowest BCUT2D eigenvalue weighted by Gasteiger charge is -2.01. The van der Waals surface area contributed by atoms with Crippen LogP contribution >= 0.6 is 0 Å². The Hall–Kier alpha value is -1.44. The van der Waals surface area contributed by atoms with E-state index in [0.29, 0.717) is 12.8 Å². The zero-order valence-electron chi connectivity index (χ0n) is 8.54. The van der Waals surface area contributed by atoms with E-state index in [0.717, 1.165) is 11.1 Å². The topological polar surface area (TPSA) is 34.1 Å². The fraction of sp³-hybridized carbons (Fsp3) is 0.333. The van der Waals surface area contributed by atoms with Crippen LogP contribution in [0.1, 0.15) is 26.7 Å². The zero-order valence-corrected chi connectivity index (χ0v) is 8.54. The van der Waals surface area contributed by atoms with Gasteiger partial charge >= 0.3 is 0 Å². The Labute approximate surface area is 84.0 Å². The molecule has 0 saturated heterocycles. The summed E-state index contributed by atoms with van der Waals surface area (Å²) in [5, 5.41) is 0. The fourth-order valence-corrected chi connectivity index (χ4v) is 1.29. The van der Waals surface area contributed by atoms with Gasteiger partial charge in [0.05, 0.1) is 0 Å². The normalized spacial score (nSPS) is 28.7. The summed E-state index contributed by atoms with van der Waals surface area (Å²) in [6, 6.07) is 0. The summed E-state index contributed by atoms with van der Waals surface area (Å²) in [5.74, 6) is 0.0681. The second-order valence-corrected chi connectivity index (χ2v) is 3.49. The van der Waals surface area contributed by atoms with Gasteiger partial charge in [0.2, 0.25) is 0 Å². The number of carbonyl (C=O) groups is 2. The first-order valence-electron chi connectivity index (χ1n) is 4.69. The van der Waals surface area contributed by atoms with Crippen LogP contribution in [0.15, 0.2) is 35.5 Å². The van der Waals surface area contributed by atoms with Crippen LogP contribution in [-0.4, -0.2) is 11.6 Å². The molecule has 1 rings (SSSR count). The molecule has 0 N–H and O–H groups in total. The van der Waals surface area contributed by atoms with Crippen molar-refractivity contribution in [1.82, 2.24) is 0 Å². The minimum atomic E-state index is 0.0112. The molecule has 1 aliphatic carbocycles. The minimum Gasteiger partial charge on any atom is -0.295 e. The zero-order chi connectivity index (χ0) is 10.6. The summed E-state index contributed by atoms with van der Waals surface area (Å²) in [5.41, 5.74) is 1.71. The molecular weight excluding hydrogens is 176 g/mol. The van der Waals surface area contributed by atoms with Gasteiger partial charge in [-0.05, 0) is 25.5 Å². The van der Waals surface area contributed by atoms with Crippen LogP contribution in [0.3, 0.4) is 0 Å². The second kappa shape index (κ2) is 4.70. The van der Waals surface area contributed by atoms with Crippen LogP contribution in [0.4, 0.5) is 0 Å². The molecule has 0 amide bonds. The molecule has 0 radical (unpaired) electrons. The molecule has 14 heavy (non-hydrogen) atoms. The molecule has 0 fully saturated rings. The highest BCUT2D eigenvalue weighted by molar-refractivity contribution is 5.99. The number of allylic oxidation sites excluding steroid dienone is 6. The number of hydrogen-bond acceptors (Lipinski definition) is 2. The first kappa shape index (κ1) is 10.6. The summed E-state index contributed by atoms with van der Waals surface area (Å²) < 4.78 is 0. The lowest BCUT2D eigenvalue weighted by molar-refractivity contribution is -0.120. The van der Waals surface area contributed by atoms with E-state index in [9.17, 15) is 9.59 Å². The molecule has 0 bridgehead atoms. The summed E-state index contributed by atoms with van der Waals surface area (Å²) in [4.78, 5) is 22.6. The lowest BCUT2D eigenvalue weighted by Crippen LogP contribution is -2.04. The quantitative estimate of drug-likeness (QED) is 0.587. The number of rotatable bonds is 0. The first-order valence-corrected chi connectivity index (χ1v) is 4.69. The van der Waals surface area contributed by atoms with Crippen molar-refractivity contribution < 1.29 is 9.59 Å². The predicted octanol–water partition coefficient (Wildman–Crippen LogP) is 2.37. The van der Waals surface area contributed by atoms with E-state index in [-0.39, 0.29) is 11.6 Å². The molecule has 0 unspecified atom stereocenters. The van der Waals surface area contributed by atoms with Gasteiger partial charge in [0.25, 0.3) is 0 Å². The van der Waals surface area contributed by atoms with Gasteiger partial charge in [-0.3, -0.25) is 9.59 Å². The largest absolute Gasteiger partial charge is 0.295 e.